The normalized spacial score (nSPS) is 23.0. The van der Waals surface area contributed by atoms with Gasteiger partial charge in [0.05, 0.1) is 0 Å². The fraction of sp³-hybridized carbons (Fsp3) is 0.714. The molecule has 0 aromatic heterocycles. The number of urea groups is 1. The van der Waals surface area contributed by atoms with Gasteiger partial charge in [-0.25, -0.2) is 4.79 Å². The summed E-state index contributed by atoms with van der Waals surface area (Å²) in [4.78, 5) is 49.7. The summed E-state index contributed by atoms with van der Waals surface area (Å²) < 4.78 is 0. The lowest BCUT2D eigenvalue weighted by Gasteiger charge is -2.42. The molecule has 1 aliphatic carbocycles. The van der Waals surface area contributed by atoms with E-state index in [1.165, 1.54) is 6.92 Å². The highest BCUT2D eigenvalue weighted by atomic mass is 16.2. The van der Waals surface area contributed by atoms with Gasteiger partial charge in [-0.05, 0) is 26.7 Å². The maximum absolute atomic E-state index is 12.7. The highest BCUT2D eigenvalue weighted by Gasteiger charge is 2.55. The van der Waals surface area contributed by atoms with E-state index in [0.717, 1.165) is 24.2 Å². The molecule has 2 rings (SSSR count). The van der Waals surface area contributed by atoms with Crippen LogP contribution in [0.2, 0.25) is 0 Å². The summed E-state index contributed by atoms with van der Waals surface area (Å²) in [5, 5.41) is 4.83. The van der Waals surface area contributed by atoms with Crippen molar-refractivity contribution < 1.29 is 19.2 Å². The molecule has 1 saturated heterocycles. The molecule has 2 aliphatic rings. The Bertz CT molecular complexity index is 483. The van der Waals surface area contributed by atoms with Gasteiger partial charge < -0.3 is 5.32 Å². The molecule has 0 bridgehead atoms. The number of rotatable bonds is 3. The maximum atomic E-state index is 12.7. The van der Waals surface area contributed by atoms with E-state index in [4.69, 9.17) is 0 Å². The van der Waals surface area contributed by atoms with E-state index in [9.17, 15) is 19.2 Å². The molecule has 0 aromatic rings. The number of hydrogen-bond acceptors (Lipinski definition) is 4. The van der Waals surface area contributed by atoms with Crippen LogP contribution in [0.1, 0.15) is 46.0 Å². The van der Waals surface area contributed by atoms with Gasteiger partial charge in [0.1, 0.15) is 11.5 Å². The van der Waals surface area contributed by atoms with Crippen LogP contribution in [0.3, 0.4) is 0 Å². The second-order valence-corrected chi connectivity index (χ2v) is 5.65. The van der Waals surface area contributed by atoms with Crippen molar-refractivity contribution in [3.63, 3.8) is 0 Å². The van der Waals surface area contributed by atoms with Crippen LogP contribution in [0, 0.1) is 5.41 Å². The zero-order valence-corrected chi connectivity index (χ0v) is 12.4. The molecule has 1 aliphatic heterocycles. The van der Waals surface area contributed by atoms with Gasteiger partial charge in [0, 0.05) is 6.54 Å². The number of carbonyl (C=O) groups is 4. The molecule has 0 aromatic carbocycles. The first-order chi connectivity index (χ1) is 9.94. The average Bonchev–Trinajstić information content (AvgIpc) is 2.46. The Morgan fingerprint density at radius 3 is 2.48 bits per heavy atom. The molecule has 5 amide bonds. The number of amides is 5. The summed E-state index contributed by atoms with van der Waals surface area (Å²) in [7, 11) is 0. The first-order valence-electron chi connectivity index (χ1n) is 7.41. The summed E-state index contributed by atoms with van der Waals surface area (Å²) >= 11 is 0. The average molecular weight is 295 g/mol. The quantitative estimate of drug-likeness (QED) is 0.743. The number of nitrogens with zero attached hydrogens (tertiary/aromatic N) is 1. The van der Waals surface area contributed by atoms with Crippen LogP contribution >= 0.6 is 0 Å². The predicted molar refractivity (Wildman–Crippen MR) is 74.0 cm³/mol. The number of nitrogens with one attached hydrogen (secondary N) is 2. The van der Waals surface area contributed by atoms with Crippen LogP contribution in [-0.2, 0) is 14.4 Å². The Kier molecular flexibility index (Phi) is 4.29. The van der Waals surface area contributed by atoms with Crippen LogP contribution in [-0.4, -0.2) is 41.2 Å². The zero-order chi connectivity index (χ0) is 15.6. The van der Waals surface area contributed by atoms with Gasteiger partial charge in [0.2, 0.25) is 17.7 Å². The summed E-state index contributed by atoms with van der Waals surface area (Å²) in [5.74, 6) is -1.45. The molecule has 1 unspecified atom stereocenters. The second kappa shape index (κ2) is 5.83. The van der Waals surface area contributed by atoms with Gasteiger partial charge in [0.25, 0.3) is 0 Å². The van der Waals surface area contributed by atoms with Crippen molar-refractivity contribution in [1.82, 2.24) is 15.5 Å². The van der Waals surface area contributed by atoms with Gasteiger partial charge >= 0.3 is 6.03 Å². The Hall–Kier alpha value is -1.92. The molecule has 7 nitrogen and oxygen atoms in total. The van der Waals surface area contributed by atoms with E-state index in [2.05, 4.69) is 10.6 Å². The van der Waals surface area contributed by atoms with Crippen molar-refractivity contribution >= 4 is 23.8 Å². The zero-order valence-electron chi connectivity index (χ0n) is 12.4. The van der Waals surface area contributed by atoms with Crippen molar-refractivity contribution in [2.45, 2.75) is 52.0 Å². The highest BCUT2D eigenvalue weighted by molar-refractivity contribution is 6.20. The van der Waals surface area contributed by atoms with Gasteiger partial charge in [0.15, 0.2) is 0 Å². The SMILES string of the molecule is CCNC(=O)C(C)N1C(=O)NC(=O)C2(CCCCC2)C1=O. The summed E-state index contributed by atoms with van der Waals surface area (Å²) in [6, 6.07) is -1.73. The Labute approximate surface area is 123 Å². The van der Waals surface area contributed by atoms with Crippen LogP contribution in [0.15, 0.2) is 0 Å². The molecular weight excluding hydrogens is 274 g/mol. The molecule has 2 fully saturated rings. The third kappa shape index (κ3) is 2.52. The molecule has 1 saturated carbocycles. The van der Waals surface area contributed by atoms with Crippen molar-refractivity contribution in [3.05, 3.63) is 0 Å². The first kappa shape index (κ1) is 15.5. The van der Waals surface area contributed by atoms with Crippen molar-refractivity contribution in [2.75, 3.05) is 6.54 Å². The van der Waals surface area contributed by atoms with Gasteiger partial charge in [-0.3, -0.25) is 24.6 Å². The van der Waals surface area contributed by atoms with Crippen LogP contribution in [0.5, 0.6) is 0 Å². The van der Waals surface area contributed by atoms with Crippen LogP contribution < -0.4 is 10.6 Å². The lowest BCUT2D eigenvalue weighted by atomic mass is 9.71. The van der Waals surface area contributed by atoms with E-state index >= 15 is 0 Å². The summed E-state index contributed by atoms with van der Waals surface area (Å²) in [6.45, 7) is 3.67. The molecule has 1 atom stereocenters. The number of likely N-dealkylation sites (N-methyl/N-ethyl adjacent to an activating group) is 1. The topological polar surface area (TPSA) is 95.6 Å². The van der Waals surface area contributed by atoms with Crippen LogP contribution in [0.4, 0.5) is 4.79 Å². The number of hydrogen-bond donors (Lipinski definition) is 2. The summed E-state index contributed by atoms with van der Waals surface area (Å²) in [5.41, 5.74) is -1.17. The first-order valence-corrected chi connectivity index (χ1v) is 7.41. The number of carbonyl (C=O) groups excluding carboxylic acids is 4. The van der Waals surface area contributed by atoms with Crippen molar-refractivity contribution in [2.24, 2.45) is 5.41 Å². The van der Waals surface area contributed by atoms with E-state index in [0.29, 0.717) is 19.4 Å². The predicted octanol–water partition coefficient (Wildman–Crippen LogP) is 0.540. The largest absolute Gasteiger partial charge is 0.355 e. The highest BCUT2D eigenvalue weighted by Crippen LogP contribution is 2.40. The Morgan fingerprint density at radius 1 is 1.29 bits per heavy atom. The Morgan fingerprint density at radius 2 is 1.90 bits per heavy atom. The van der Waals surface area contributed by atoms with E-state index < -0.39 is 35.2 Å². The molecule has 1 spiro atoms. The minimum absolute atomic E-state index is 0.402. The second-order valence-electron chi connectivity index (χ2n) is 5.65. The monoisotopic (exact) mass is 295 g/mol. The van der Waals surface area contributed by atoms with E-state index in [1.54, 1.807) is 6.92 Å². The third-order valence-corrected chi connectivity index (χ3v) is 4.33. The van der Waals surface area contributed by atoms with Crippen molar-refractivity contribution in [3.8, 4) is 0 Å². The van der Waals surface area contributed by atoms with Crippen molar-refractivity contribution in [1.29, 1.82) is 0 Å². The van der Waals surface area contributed by atoms with Gasteiger partial charge in [-0.1, -0.05) is 19.3 Å². The third-order valence-electron chi connectivity index (χ3n) is 4.33. The number of imide groups is 2. The molecule has 1 heterocycles. The van der Waals surface area contributed by atoms with Crippen LogP contribution in [0.25, 0.3) is 0 Å². The lowest BCUT2D eigenvalue weighted by molar-refractivity contribution is -0.157. The Balaban J connectivity index is 2.29. The fourth-order valence-electron chi connectivity index (χ4n) is 3.08. The molecule has 7 heteroatoms. The fourth-order valence-corrected chi connectivity index (χ4v) is 3.08. The minimum Gasteiger partial charge on any atom is -0.355 e. The maximum Gasteiger partial charge on any atom is 0.331 e. The molecular formula is C14H21N3O4. The molecule has 0 radical (unpaired) electrons. The van der Waals surface area contributed by atoms with Gasteiger partial charge in [-0.2, -0.15) is 0 Å². The molecule has 2 N–H and O–H groups in total. The van der Waals surface area contributed by atoms with E-state index in [-0.39, 0.29) is 0 Å². The minimum atomic E-state index is -1.17. The standard InChI is InChI=1S/C14H21N3O4/c1-3-15-10(18)9(2)17-12(20)14(7-5-4-6-8-14)11(19)16-13(17)21/h9H,3-8H2,1-2H3,(H,15,18)(H,16,19,21). The lowest BCUT2D eigenvalue weighted by Crippen LogP contribution is -2.67. The molecule has 21 heavy (non-hydrogen) atoms. The van der Waals surface area contributed by atoms with Gasteiger partial charge in [-0.15, -0.1) is 0 Å². The van der Waals surface area contributed by atoms with E-state index in [1.807, 2.05) is 0 Å². The molecule has 116 valence electrons. The smallest absolute Gasteiger partial charge is 0.331 e. The number of barbiturate groups is 1. The summed E-state index contributed by atoms with van der Waals surface area (Å²) in [6.07, 6.45) is 3.39.